The number of aryl methyl sites for hydroxylation is 1. The van der Waals surface area contributed by atoms with Gasteiger partial charge in [-0.25, -0.2) is 8.42 Å². The highest BCUT2D eigenvalue weighted by Gasteiger charge is 2.11. The Labute approximate surface area is 72.1 Å². The van der Waals surface area contributed by atoms with Crippen LogP contribution in [0, 0.1) is 6.92 Å². The van der Waals surface area contributed by atoms with Gasteiger partial charge in [0.05, 0.1) is 10.6 Å². The first kappa shape index (κ1) is 9.06. The Morgan fingerprint density at radius 2 is 1.92 bits per heavy atom. The van der Waals surface area contributed by atoms with Crippen molar-refractivity contribution in [3.8, 4) is 0 Å². The van der Waals surface area contributed by atoms with Gasteiger partial charge in [-0.3, -0.25) is 0 Å². The molecule has 4 heteroatoms. The van der Waals surface area contributed by atoms with Crippen LogP contribution in [0.15, 0.2) is 23.1 Å². The monoisotopic (exact) mass is 185 g/mol. The molecule has 0 aromatic heterocycles. The van der Waals surface area contributed by atoms with Crippen LogP contribution in [0.4, 0.5) is 5.69 Å². The second-order valence-electron chi connectivity index (χ2n) is 2.76. The topological polar surface area (TPSA) is 60.2 Å². The molecule has 0 saturated carbocycles. The second kappa shape index (κ2) is 2.79. The van der Waals surface area contributed by atoms with Gasteiger partial charge in [-0.15, -0.1) is 0 Å². The van der Waals surface area contributed by atoms with Crippen LogP contribution in [0.2, 0.25) is 0 Å². The molecule has 0 unspecified atom stereocenters. The average Bonchev–Trinajstić information content (AvgIpc) is 1.92. The minimum absolute atomic E-state index is 0.211. The number of benzene rings is 1. The van der Waals surface area contributed by atoms with E-state index in [2.05, 4.69) is 0 Å². The lowest BCUT2D eigenvalue weighted by Crippen LogP contribution is -2.03. The van der Waals surface area contributed by atoms with Gasteiger partial charge in [0.2, 0.25) is 0 Å². The zero-order valence-electron chi connectivity index (χ0n) is 7.03. The number of nitrogen functional groups attached to an aromatic ring is 1. The van der Waals surface area contributed by atoms with Crippen LogP contribution in [0.1, 0.15) is 5.56 Å². The van der Waals surface area contributed by atoms with Gasteiger partial charge in [0.15, 0.2) is 9.84 Å². The highest BCUT2D eigenvalue weighted by atomic mass is 32.2. The molecule has 0 amide bonds. The van der Waals surface area contributed by atoms with Crippen molar-refractivity contribution in [2.45, 2.75) is 11.8 Å². The largest absolute Gasteiger partial charge is 0.397 e. The van der Waals surface area contributed by atoms with E-state index < -0.39 is 9.84 Å². The maximum absolute atomic E-state index is 11.1. The summed E-state index contributed by atoms with van der Waals surface area (Å²) in [5, 5.41) is 0. The van der Waals surface area contributed by atoms with E-state index in [0.29, 0.717) is 5.69 Å². The van der Waals surface area contributed by atoms with E-state index in [4.69, 9.17) is 5.73 Å². The number of hydrogen-bond donors (Lipinski definition) is 1. The van der Waals surface area contributed by atoms with E-state index in [1.807, 2.05) is 0 Å². The van der Waals surface area contributed by atoms with E-state index >= 15 is 0 Å². The standard InChI is InChI=1S/C8H11NO2S/c1-6-4-3-5-7(8(6)9)12(2,10)11/h3-5H,9H2,1-2H3. The molecule has 0 fully saturated rings. The molecule has 0 saturated heterocycles. The zero-order chi connectivity index (χ0) is 9.35. The molecule has 3 nitrogen and oxygen atoms in total. The molecule has 1 rings (SSSR count). The van der Waals surface area contributed by atoms with Crippen LogP contribution in [0.5, 0.6) is 0 Å². The van der Waals surface area contributed by atoms with Crippen molar-refractivity contribution in [1.82, 2.24) is 0 Å². The number of sulfone groups is 1. The van der Waals surface area contributed by atoms with Crippen molar-refractivity contribution in [3.63, 3.8) is 0 Å². The van der Waals surface area contributed by atoms with Gasteiger partial charge in [-0.1, -0.05) is 12.1 Å². The molecule has 0 aliphatic rings. The quantitative estimate of drug-likeness (QED) is 0.663. The van der Waals surface area contributed by atoms with Gasteiger partial charge >= 0.3 is 0 Å². The van der Waals surface area contributed by atoms with Gasteiger partial charge in [-0.05, 0) is 18.6 Å². The van der Waals surface area contributed by atoms with Crippen molar-refractivity contribution in [1.29, 1.82) is 0 Å². The number of anilines is 1. The summed E-state index contributed by atoms with van der Waals surface area (Å²) in [5.41, 5.74) is 6.73. The maximum Gasteiger partial charge on any atom is 0.177 e. The average molecular weight is 185 g/mol. The first-order chi connectivity index (χ1) is 5.43. The van der Waals surface area contributed by atoms with Crippen LogP contribution in [-0.2, 0) is 9.84 Å². The van der Waals surface area contributed by atoms with Crippen LogP contribution in [0.3, 0.4) is 0 Å². The predicted molar refractivity (Wildman–Crippen MR) is 48.7 cm³/mol. The fourth-order valence-corrected chi connectivity index (χ4v) is 1.86. The third-order valence-corrected chi connectivity index (χ3v) is 2.84. The van der Waals surface area contributed by atoms with Crippen LogP contribution in [-0.4, -0.2) is 14.7 Å². The molecular formula is C8H11NO2S. The minimum Gasteiger partial charge on any atom is -0.397 e. The summed E-state index contributed by atoms with van der Waals surface area (Å²) in [5.74, 6) is 0. The molecule has 0 spiro atoms. The number of rotatable bonds is 1. The maximum atomic E-state index is 11.1. The Morgan fingerprint density at radius 3 is 2.33 bits per heavy atom. The molecule has 2 N–H and O–H groups in total. The number of hydrogen-bond acceptors (Lipinski definition) is 3. The Bertz CT molecular complexity index is 396. The third-order valence-electron chi connectivity index (χ3n) is 1.68. The molecule has 0 aliphatic carbocycles. The van der Waals surface area contributed by atoms with Crippen molar-refractivity contribution in [3.05, 3.63) is 23.8 Å². The van der Waals surface area contributed by atoms with Crippen LogP contribution < -0.4 is 5.73 Å². The van der Waals surface area contributed by atoms with Gasteiger partial charge in [0, 0.05) is 6.26 Å². The molecule has 1 aromatic rings. The van der Waals surface area contributed by atoms with Crippen LogP contribution in [0.25, 0.3) is 0 Å². The van der Waals surface area contributed by atoms with E-state index in [1.165, 1.54) is 6.07 Å². The lowest BCUT2D eigenvalue weighted by atomic mass is 10.2. The summed E-state index contributed by atoms with van der Waals surface area (Å²) in [4.78, 5) is 0.211. The second-order valence-corrected chi connectivity index (χ2v) is 4.74. The van der Waals surface area contributed by atoms with Crippen molar-refractivity contribution in [2.75, 3.05) is 12.0 Å². The predicted octanol–water partition coefficient (Wildman–Crippen LogP) is 0.981. The Hall–Kier alpha value is -1.03. The van der Waals surface area contributed by atoms with Gasteiger partial charge < -0.3 is 5.73 Å². The molecule has 0 bridgehead atoms. The summed E-state index contributed by atoms with van der Waals surface area (Å²) in [7, 11) is -3.18. The Kier molecular flexibility index (Phi) is 2.10. The van der Waals surface area contributed by atoms with Gasteiger partial charge in [0.1, 0.15) is 0 Å². The van der Waals surface area contributed by atoms with Crippen molar-refractivity contribution >= 4 is 15.5 Å². The van der Waals surface area contributed by atoms with Crippen molar-refractivity contribution in [2.24, 2.45) is 0 Å². The number of nitrogens with two attached hydrogens (primary N) is 1. The first-order valence-corrected chi connectivity index (χ1v) is 5.37. The van der Waals surface area contributed by atoms with E-state index in [0.717, 1.165) is 11.8 Å². The molecule has 0 heterocycles. The molecule has 66 valence electrons. The molecule has 0 radical (unpaired) electrons. The fraction of sp³-hybridized carbons (Fsp3) is 0.250. The summed E-state index contributed by atoms with van der Waals surface area (Å²) in [6, 6.07) is 4.98. The molecular weight excluding hydrogens is 174 g/mol. The Morgan fingerprint density at radius 1 is 1.33 bits per heavy atom. The summed E-state index contributed by atoms with van der Waals surface area (Å²) in [6.07, 6.45) is 1.15. The van der Waals surface area contributed by atoms with E-state index in [9.17, 15) is 8.42 Å². The number of para-hydroxylation sites is 1. The lowest BCUT2D eigenvalue weighted by Gasteiger charge is -2.04. The normalized spacial score (nSPS) is 11.5. The third kappa shape index (κ3) is 1.58. The highest BCUT2D eigenvalue weighted by Crippen LogP contribution is 2.20. The Balaban J connectivity index is 3.47. The summed E-state index contributed by atoms with van der Waals surface area (Å²) < 4.78 is 22.3. The van der Waals surface area contributed by atoms with Gasteiger partial charge in [-0.2, -0.15) is 0 Å². The lowest BCUT2D eigenvalue weighted by molar-refractivity contribution is 0.602. The highest BCUT2D eigenvalue weighted by molar-refractivity contribution is 7.90. The molecule has 12 heavy (non-hydrogen) atoms. The zero-order valence-corrected chi connectivity index (χ0v) is 7.85. The van der Waals surface area contributed by atoms with Gasteiger partial charge in [0.25, 0.3) is 0 Å². The van der Waals surface area contributed by atoms with Crippen molar-refractivity contribution < 1.29 is 8.42 Å². The molecule has 0 atom stereocenters. The SMILES string of the molecule is Cc1cccc(S(C)(=O)=O)c1N. The fourth-order valence-electron chi connectivity index (χ4n) is 0.977. The minimum atomic E-state index is -3.18. The van der Waals surface area contributed by atoms with E-state index in [1.54, 1.807) is 19.1 Å². The summed E-state index contributed by atoms with van der Waals surface area (Å²) in [6.45, 7) is 1.78. The van der Waals surface area contributed by atoms with Crippen LogP contribution >= 0.6 is 0 Å². The van der Waals surface area contributed by atoms with E-state index in [-0.39, 0.29) is 4.90 Å². The smallest absolute Gasteiger partial charge is 0.177 e. The first-order valence-electron chi connectivity index (χ1n) is 3.48. The summed E-state index contributed by atoms with van der Waals surface area (Å²) >= 11 is 0. The molecule has 0 aliphatic heterocycles. The molecule has 1 aromatic carbocycles.